The van der Waals surface area contributed by atoms with E-state index in [1.54, 1.807) is 12.1 Å². The summed E-state index contributed by atoms with van der Waals surface area (Å²) in [5.74, 6) is -2.89. The molecule has 1 heterocycles. The predicted octanol–water partition coefficient (Wildman–Crippen LogP) is -0.646. The van der Waals surface area contributed by atoms with E-state index in [-0.39, 0.29) is 5.56 Å². The summed E-state index contributed by atoms with van der Waals surface area (Å²) in [5, 5.41) is 10.7. The standard InChI is InChI=1S/C11H9NO4/c1-6(11(15)16)12-8-5-3-2-4-7(8)9(13)10(12)14/h2-6H,1H3,(H,15,16)/p-1/t6-/m0/s1. The van der Waals surface area contributed by atoms with Gasteiger partial charge in [0.2, 0.25) is 0 Å². The zero-order valence-electron chi connectivity index (χ0n) is 8.47. The predicted molar refractivity (Wildman–Crippen MR) is 52.7 cm³/mol. The number of benzene rings is 1. The average Bonchev–Trinajstić information content (AvgIpc) is 2.52. The number of fused-ring (bicyclic) bond motifs is 1. The highest BCUT2D eigenvalue weighted by Gasteiger charge is 2.38. The number of amides is 1. The highest BCUT2D eigenvalue weighted by Crippen LogP contribution is 2.29. The van der Waals surface area contributed by atoms with Crippen LogP contribution in [0, 0.1) is 0 Å². The van der Waals surface area contributed by atoms with E-state index in [4.69, 9.17) is 0 Å². The number of aliphatic carboxylic acids is 1. The summed E-state index contributed by atoms with van der Waals surface area (Å²) >= 11 is 0. The fourth-order valence-electron chi connectivity index (χ4n) is 1.70. The van der Waals surface area contributed by atoms with Crippen LogP contribution in [-0.2, 0) is 9.59 Å². The van der Waals surface area contributed by atoms with Crippen LogP contribution in [0.2, 0.25) is 0 Å². The molecule has 0 aromatic heterocycles. The minimum Gasteiger partial charge on any atom is -0.548 e. The summed E-state index contributed by atoms with van der Waals surface area (Å²) in [6, 6.07) is 5.14. The van der Waals surface area contributed by atoms with Gasteiger partial charge < -0.3 is 9.90 Å². The lowest BCUT2D eigenvalue weighted by atomic mass is 10.1. The zero-order valence-corrected chi connectivity index (χ0v) is 8.47. The van der Waals surface area contributed by atoms with Crippen LogP contribution in [0.4, 0.5) is 5.69 Å². The van der Waals surface area contributed by atoms with Crippen LogP contribution in [0.25, 0.3) is 0 Å². The largest absolute Gasteiger partial charge is 0.548 e. The molecule has 0 fully saturated rings. The first kappa shape index (κ1) is 10.4. The number of anilines is 1. The molecule has 5 heteroatoms. The highest BCUT2D eigenvalue weighted by molar-refractivity contribution is 6.52. The van der Waals surface area contributed by atoms with Crippen molar-refractivity contribution in [3.63, 3.8) is 0 Å². The van der Waals surface area contributed by atoms with Crippen molar-refractivity contribution in [2.75, 3.05) is 4.90 Å². The smallest absolute Gasteiger partial charge is 0.300 e. The maximum atomic E-state index is 11.6. The lowest BCUT2D eigenvalue weighted by Gasteiger charge is -2.25. The molecule has 0 unspecified atom stereocenters. The Morgan fingerprint density at radius 1 is 1.31 bits per heavy atom. The number of nitrogens with zero attached hydrogens (tertiary/aromatic N) is 1. The Kier molecular flexibility index (Phi) is 2.23. The molecule has 1 aliphatic rings. The summed E-state index contributed by atoms with van der Waals surface area (Å²) < 4.78 is 0. The number of ketones is 1. The fourth-order valence-corrected chi connectivity index (χ4v) is 1.70. The van der Waals surface area contributed by atoms with E-state index in [1.807, 2.05) is 0 Å². The number of carbonyl (C=O) groups excluding carboxylic acids is 3. The van der Waals surface area contributed by atoms with Gasteiger partial charge in [-0.3, -0.25) is 14.5 Å². The van der Waals surface area contributed by atoms with Gasteiger partial charge in [-0.05, 0) is 19.1 Å². The fraction of sp³-hybridized carbons (Fsp3) is 0.182. The van der Waals surface area contributed by atoms with E-state index in [0.717, 1.165) is 4.90 Å². The van der Waals surface area contributed by atoms with Gasteiger partial charge in [0, 0.05) is 0 Å². The summed E-state index contributed by atoms with van der Waals surface area (Å²) in [5.41, 5.74) is 0.565. The van der Waals surface area contributed by atoms with Gasteiger partial charge in [0.25, 0.3) is 11.7 Å². The Hall–Kier alpha value is -2.17. The Balaban J connectivity index is 2.53. The zero-order chi connectivity index (χ0) is 11.9. The molecule has 0 saturated carbocycles. The maximum absolute atomic E-state index is 11.6. The molecular weight excluding hydrogens is 210 g/mol. The molecule has 0 N–H and O–H groups in total. The number of carbonyl (C=O) groups is 3. The number of carboxylic acid groups (broad SMARTS) is 1. The average molecular weight is 218 g/mol. The lowest BCUT2D eigenvalue weighted by molar-refractivity contribution is -0.306. The normalized spacial score (nSPS) is 16.2. The molecule has 5 nitrogen and oxygen atoms in total. The maximum Gasteiger partial charge on any atom is 0.300 e. The van der Waals surface area contributed by atoms with Crippen LogP contribution in [-0.4, -0.2) is 23.7 Å². The first-order chi connectivity index (χ1) is 7.54. The first-order valence-electron chi connectivity index (χ1n) is 4.72. The molecular formula is C11H8NO4-. The Morgan fingerprint density at radius 3 is 2.56 bits per heavy atom. The number of hydrogen-bond acceptors (Lipinski definition) is 4. The summed E-state index contributed by atoms with van der Waals surface area (Å²) in [7, 11) is 0. The number of carboxylic acids is 1. The van der Waals surface area contributed by atoms with Crippen LogP contribution in [0.5, 0.6) is 0 Å². The van der Waals surface area contributed by atoms with Crippen molar-refractivity contribution in [3.8, 4) is 0 Å². The second-order valence-electron chi connectivity index (χ2n) is 3.52. The van der Waals surface area contributed by atoms with Crippen molar-refractivity contribution in [1.82, 2.24) is 0 Å². The van der Waals surface area contributed by atoms with Gasteiger partial charge in [0.1, 0.15) is 0 Å². The Bertz CT molecular complexity index is 495. The van der Waals surface area contributed by atoms with E-state index >= 15 is 0 Å². The van der Waals surface area contributed by atoms with Gasteiger partial charge in [-0.2, -0.15) is 0 Å². The molecule has 2 rings (SSSR count). The summed E-state index contributed by atoms with van der Waals surface area (Å²) in [6.45, 7) is 1.31. The number of Topliss-reactive ketones (excluding diaryl/α,β-unsaturated/α-hetero) is 1. The Labute approximate surface area is 91.3 Å². The third-order valence-corrected chi connectivity index (χ3v) is 2.55. The first-order valence-corrected chi connectivity index (χ1v) is 4.72. The molecule has 1 aromatic carbocycles. The Morgan fingerprint density at radius 2 is 1.94 bits per heavy atom. The van der Waals surface area contributed by atoms with Crippen molar-refractivity contribution in [3.05, 3.63) is 29.8 Å². The molecule has 82 valence electrons. The second-order valence-corrected chi connectivity index (χ2v) is 3.52. The minimum atomic E-state index is -1.39. The molecule has 0 saturated heterocycles. The van der Waals surface area contributed by atoms with E-state index in [9.17, 15) is 19.5 Å². The molecule has 1 atom stereocenters. The van der Waals surface area contributed by atoms with Crippen LogP contribution in [0.3, 0.4) is 0 Å². The molecule has 16 heavy (non-hydrogen) atoms. The number of rotatable bonds is 2. The molecule has 0 spiro atoms. The number of para-hydroxylation sites is 1. The molecule has 1 aliphatic heterocycles. The minimum absolute atomic E-state index is 0.237. The van der Waals surface area contributed by atoms with Crippen LogP contribution in [0.1, 0.15) is 17.3 Å². The van der Waals surface area contributed by atoms with Crippen molar-refractivity contribution in [2.45, 2.75) is 13.0 Å². The van der Waals surface area contributed by atoms with E-state index in [1.165, 1.54) is 19.1 Å². The van der Waals surface area contributed by atoms with Crippen LogP contribution in [0.15, 0.2) is 24.3 Å². The lowest BCUT2D eigenvalue weighted by Crippen LogP contribution is -2.48. The molecule has 1 aromatic rings. The van der Waals surface area contributed by atoms with Crippen molar-refractivity contribution < 1.29 is 19.5 Å². The molecule has 1 amide bonds. The van der Waals surface area contributed by atoms with Crippen LogP contribution < -0.4 is 10.0 Å². The number of hydrogen-bond donors (Lipinski definition) is 0. The third-order valence-electron chi connectivity index (χ3n) is 2.55. The van der Waals surface area contributed by atoms with Gasteiger partial charge in [0.05, 0.1) is 23.3 Å². The van der Waals surface area contributed by atoms with E-state index < -0.39 is 23.7 Å². The summed E-state index contributed by atoms with van der Waals surface area (Å²) in [4.78, 5) is 34.8. The van der Waals surface area contributed by atoms with E-state index in [0.29, 0.717) is 5.69 Å². The topological polar surface area (TPSA) is 77.5 Å². The SMILES string of the molecule is C[C@@H](C(=O)[O-])N1C(=O)C(=O)c2ccccc21. The quantitative estimate of drug-likeness (QED) is 0.618. The van der Waals surface area contributed by atoms with Gasteiger partial charge in [-0.1, -0.05) is 12.1 Å². The van der Waals surface area contributed by atoms with Crippen molar-refractivity contribution >= 4 is 23.3 Å². The van der Waals surface area contributed by atoms with Gasteiger partial charge in [-0.25, -0.2) is 0 Å². The molecule has 0 bridgehead atoms. The molecule has 0 radical (unpaired) electrons. The van der Waals surface area contributed by atoms with Crippen molar-refractivity contribution in [1.29, 1.82) is 0 Å². The van der Waals surface area contributed by atoms with Gasteiger partial charge in [-0.15, -0.1) is 0 Å². The third kappa shape index (κ3) is 1.29. The molecule has 0 aliphatic carbocycles. The van der Waals surface area contributed by atoms with Crippen molar-refractivity contribution in [2.24, 2.45) is 0 Å². The van der Waals surface area contributed by atoms with E-state index in [2.05, 4.69) is 0 Å². The second kappa shape index (κ2) is 3.44. The highest BCUT2D eigenvalue weighted by atomic mass is 16.4. The van der Waals surface area contributed by atoms with Crippen LogP contribution >= 0.6 is 0 Å². The van der Waals surface area contributed by atoms with Gasteiger partial charge >= 0.3 is 0 Å². The van der Waals surface area contributed by atoms with Gasteiger partial charge in [0.15, 0.2) is 0 Å². The summed E-state index contributed by atoms with van der Waals surface area (Å²) in [6.07, 6.45) is 0. The monoisotopic (exact) mass is 218 g/mol.